The van der Waals surface area contributed by atoms with Gasteiger partial charge >= 0.3 is 0 Å². The van der Waals surface area contributed by atoms with Crippen LogP contribution in [0.5, 0.6) is 11.5 Å². The highest BCUT2D eigenvalue weighted by Crippen LogP contribution is 2.35. The van der Waals surface area contributed by atoms with Crippen LogP contribution in [0.3, 0.4) is 0 Å². The smallest absolute Gasteiger partial charge is 0.152 e. The molecule has 0 saturated heterocycles. The molecule has 6 heteroatoms. The van der Waals surface area contributed by atoms with E-state index in [4.69, 9.17) is 10.5 Å². The first-order chi connectivity index (χ1) is 9.15. The summed E-state index contributed by atoms with van der Waals surface area (Å²) >= 11 is 4.63. The molecular weight excluding hydrogens is 331 g/mol. The zero-order valence-corrected chi connectivity index (χ0v) is 12.0. The molecule has 0 saturated carbocycles. The normalized spacial score (nSPS) is 10.8. The summed E-state index contributed by atoms with van der Waals surface area (Å²) in [7, 11) is 0. The number of rotatable bonds is 2. The molecule has 3 nitrogen and oxygen atoms in total. The first kappa shape index (κ1) is 12.4. The molecule has 0 aliphatic rings. The van der Waals surface area contributed by atoms with Crippen molar-refractivity contribution in [2.75, 3.05) is 5.73 Å². The Morgan fingerprint density at radius 2 is 2.11 bits per heavy atom. The molecule has 0 atom stereocenters. The number of nitrogen functional groups attached to an aromatic ring is 1. The molecule has 19 heavy (non-hydrogen) atoms. The number of aromatic nitrogens is 1. The number of halogens is 2. The maximum absolute atomic E-state index is 13.1. The van der Waals surface area contributed by atoms with Gasteiger partial charge in [0, 0.05) is 0 Å². The number of nitrogens with two attached hydrogens (primary N) is 1. The fourth-order valence-corrected chi connectivity index (χ4v) is 2.74. The van der Waals surface area contributed by atoms with Gasteiger partial charge in [-0.15, -0.1) is 11.3 Å². The van der Waals surface area contributed by atoms with Crippen LogP contribution in [-0.4, -0.2) is 4.98 Å². The zero-order chi connectivity index (χ0) is 13.4. The lowest BCUT2D eigenvalue weighted by Gasteiger charge is -2.09. The number of benzene rings is 2. The van der Waals surface area contributed by atoms with Crippen LogP contribution in [-0.2, 0) is 0 Å². The summed E-state index contributed by atoms with van der Waals surface area (Å²) in [5.41, 5.74) is 8.96. The lowest BCUT2D eigenvalue weighted by molar-refractivity contribution is 0.482. The van der Waals surface area contributed by atoms with E-state index in [1.807, 2.05) is 6.07 Å². The van der Waals surface area contributed by atoms with Crippen molar-refractivity contribution in [1.29, 1.82) is 0 Å². The Morgan fingerprint density at radius 3 is 2.89 bits per heavy atom. The third-order valence-corrected chi connectivity index (χ3v) is 4.02. The van der Waals surface area contributed by atoms with Crippen LogP contribution < -0.4 is 10.5 Å². The second kappa shape index (κ2) is 4.79. The lowest BCUT2D eigenvalue weighted by Crippen LogP contribution is -1.93. The molecular formula is C13H8BrFN2OS. The molecule has 1 aromatic heterocycles. The number of fused-ring (bicyclic) bond motifs is 1. The number of anilines is 1. The molecule has 0 bridgehead atoms. The second-order valence-electron chi connectivity index (χ2n) is 3.85. The van der Waals surface area contributed by atoms with Crippen molar-refractivity contribution in [1.82, 2.24) is 4.98 Å². The molecule has 1 heterocycles. The Morgan fingerprint density at radius 1 is 1.26 bits per heavy atom. The summed E-state index contributed by atoms with van der Waals surface area (Å²) in [5.74, 6) is 0.682. The number of ether oxygens (including phenoxy) is 1. The van der Waals surface area contributed by atoms with Crippen molar-refractivity contribution < 1.29 is 9.13 Å². The van der Waals surface area contributed by atoms with Gasteiger partial charge in [-0.2, -0.15) is 0 Å². The van der Waals surface area contributed by atoms with Gasteiger partial charge < -0.3 is 10.5 Å². The highest BCUT2D eigenvalue weighted by Gasteiger charge is 2.09. The van der Waals surface area contributed by atoms with Crippen LogP contribution in [0, 0.1) is 5.82 Å². The molecule has 0 aliphatic heterocycles. The van der Waals surface area contributed by atoms with Crippen molar-refractivity contribution >= 4 is 43.2 Å². The molecule has 0 radical (unpaired) electrons. The Kier molecular flexibility index (Phi) is 3.12. The van der Waals surface area contributed by atoms with Gasteiger partial charge in [-0.25, -0.2) is 9.37 Å². The van der Waals surface area contributed by atoms with E-state index in [0.717, 1.165) is 10.2 Å². The van der Waals surface area contributed by atoms with Gasteiger partial charge in [-0.05, 0) is 46.3 Å². The largest absolute Gasteiger partial charge is 0.455 e. The van der Waals surface area contributed by atoms with E-state index in [-0.39, 0.29) is 5.82 Å². The zero-order valence-electron chi connectivity index (χ0n) is 9.56. The van der Waals surface area contributed by atoms with Gasteiger partial charge in [0.15, 0.2) is 5.75 Å². The van der Waals surface area contributed by atoms with E-state index in [1.54, 1.807) is 23.7 Å². The number of hydrogen-bond donors (Lipinski definition) is 1. The van der Waals surface area contributed by atoms with Crippen LogP contribution in [0.2, 0.25) is 0 Å². The maximum atomic E-state index is 13.1. The lowest BCUT2D eigenvalue weighted by atomic mass is 10.2. The van der Waals surface area contributed by atoms with Crippen LogP contribution in [0.25, 0.3) is 10.2 Å². The first-order valence-electron chi connectivity index (χ1n) is 5.40. The van der Waals surface area contributed by atoms with Crippen molar-refractivity contribution in [3.63, 3.8) is 0 Å². The van der Waals surface area contributed by atoms with E-state index >= 15 is 0 Å². The fourth-order valence-electron chi connectivity index (χ4n) is 1.69. The molecule has 3 rings (SSSR count). The minimum Gasteiger partial charge on any atom is -0.455 e. The molecule has 0 fully saturated rings. The number of nitrogens with zero attached hydrogens (tertiary/aromatic N) is 1. The number of thiazole rings is 1. The topological polar surface area (TPSA) is 48.1 Å². The van der Waals surface area contributed by atoms with Gasteiger partial charge in [0.25, 0.3) is 0 Å². The SMILES string of the molecule is Nc1c(Oc2ccc(F)c(Br)c2)ccc2scnc12. The average molecular weight is 339 g/mol. The van der Waals surface area contributed by atoms with E-state index in [0.29, 0.717) is 21.7 Å². The molecule has 96 valence electrons. The molecule has 0 aliphatic carbocycles. The number of hydrogen-bond acceptors (Lipinski definition) is 4. The van der Waals surface area contributed by atoms with Crippen LogP contribution in [0.1, 0.15) is 0 Å². The minimum atomic E-state index is -0.338. The quantitative estimate of drug-likeness (QED) is 0.696. The van der Waals surface area contributed by atoms with E-state index < -0.39 is 0 Å². The third kappa shape index (κ3) is 2.29. The predicted molar refractivity (Wildman–Crippen MR) is 78.2 cm³/mol. The monoisotopic (exact) mass is 338 g/mol. The summed E-state index contributed by atoms with van der Waals surface area (Å²) in [5, 5.41) is 0. The summed E-state index contributed by atoms with van der Waals surface area (Å²) in [6, 6.07) is 8.12. The van der Waals surface area contributed by atoms with Gasteiger partial charge in [0.1, 0.15) is 22.8 Å². The second-order valence-corrected chi connectivity index (χ2v) is 5.60. The summed E-state index contributed by atoms with van der Waals surface area (Å²) in [6.45, 7) is 0. The standard InChI is InChI=1S/C13H8BrFN2OS/c14-8-5-7(1-2-9(8)15)18-10-3-4-11-13(12(10)16)17-6-19-11/h1-6H,16H2. The Balaban J connectivity index is 2.00. The van der Waals surface area contributed by atoms with Gasteiger partial charge in [0.05, 0.1) is 14.7 Å². The molecule has 0 unspecified atom stereocenters. The van der Waals surface area contributed by atoms with Gasteiger partial charge in [-0.1, -0.05) is 0 Å². The molecule has 2 aromatic carbocycles. The van der Waals surface area contributed by atoms with Crippen molar-refractivity contribution in [2.24, 2.45) is 0 Å². The molecule has 0 amide bonds. The summed E-state index contributed by atoms with van der Waals surface area (Å²) < 4.78 is 20.2. The van der Waals surface area contributed by atoms with Crippen molar-refractivity contribution in [2.45, 2.75) is 0 Å². The van der Waals surface area contributed by atoms with E-state index in [2.05, 4.69) is 20.9 Å². The summed E-state index contributed by atoms with van der Waals surface area (Å²) in [4.78, 5) is 4.20. The van der Waals surface area contributed by atoms with Gasteiger partial charge in [0.2, 0.25) is 0 Å². The molecule has 2 N–H and O–H groups in total. The van der Waals surface area contributed by atoms with Crippen molar-refractivity contribution in [3.05, 3.63) is 46.1 Å². The summed E-state index contributed by atoms with van der Waals surface area (Å²) in [6.07, 6.45) is 0. The van der Waals surface area contributed by atoms with E-state index in [9.17, 15) is 4.39 Å². The minimum absolute atomic E-state index is 0.338. The van der Waals surface area contributed by atoms with Crippen molar-refractivity contribution in [3.8, 4) is 11.5 Å². The first-order valence-corrected chi connectivity index (χ1v) is 7.07. The Hall–Kier alpha value is -1.66. The Bertz CT molecular complexity index is 759. The molecule has 0 spiro atoms. The van der Waals surface area contributed by atoms with Crippen LogP contribution in [0.4, 0.5) is 10.1 Å². The maximum Gasteiger partial charge on any atom is 0.152 e. The molecule has 3 aromatic rings. The average Bonchev–Trinajstić information content (AvgIpc) is 2.86. The Labute approximate surface area is 121 Å². The highest BCUT2D eigenvalue weighted by atomic mass is 79.9. The third-order valence-electron chi connectivity index (χ3n) is 2.62. The van der Waals surface area contributed by atoms with Crippen LogP contribution in [0.15, 0.2) is 40.3 Å². The van der Waals surface area contributed by atoms with Gasteiger partial charge in [-0.3, -0.25) is 0 Å². The van der Waals surface area contributed by atoms with Crippen LogP contribution >= 0.6 is 27.3 Å². The predicted octanol–water partition coefficient (Wildman–Crippen LogP) is 4.57. The fraction of sp³-hybridized carbons (Fsp3) is 0. The van der Waals surface area contributed by atoms with E-state index in [1.165, 1.54) is 17.4 Å². The highest BCUT2D eigenvalue weighted by molar-refractivity contribution is 9.10.